The van der Waals surface area contributed by atoms with Gasteiger partial charge >= 0.3 is 0 Å². The maximum Gasteiger partial charge on any atom is 0.184 e. The summed E-state index contributed by atoms with van der Waals surface area (Å²) in [5, 5.41) is 0. The summed E-state index contributed by atoms with van der Waals surface area (Å²) in [5.41, 5.74) is -4.43. The number of carbonyl (C=O) groups excluding carboxylic acids is 4. The van der Waals surface area contributed by atoms with Crippen LogP contribution in [-0.4, -0.2) is 23.1 Å². The molecule has 0 radical (unpaired) electrons. The summed E-state index contributed by atoms with van der Waals surface area (Å²) in [5.74, 6) is -2.50. The van der Waals surface area contributed by atoms with Crippen LogP contribution in [0.25, 0.3) is 0 Å². The van der Waals surface area contributed by atoms with Crippen molar-refractivity contribution in [2.45, 2.75) is 47.0 Å². The molecule has 4 bridgehead atoms. The second-order valence-corrected chi connectivity index (χ2v) is 10.8. The molecular weight excluding hydrogens is 412 g/mol. The predicted octanol–water partition coefficient (Wildman–Crippen LogP) is 5.34. The van der Waals surface area contributed by atoms with Gasteiger partial charge in [-0.1, -0.05) is 68.0 Å². The molecule has 0 aromatic heterocycles. The molecule has 5 rings (SSSR count). The summed E-state index contributed by atoms with van der Waals surface area (Å²) in [6, 6.07) is 8.54. The summed E-state index contributed by atoms with van der Waals surface area (Å²) in [6.45, 7) is 15.3. The zero-order chi connectivity index (χ0) is 24.4. The highest BCUT2D eigenvalue weighted by Gasteiger charge is 2.86. The van der Waals surface area contributed by atoms with Crippen molar-refractivity contribution in [3.8, 4) is 0 Å². The third-order valence-corrected chi connectivity index (χ3v) is 8.67. The largest absolute Gasteiger partial charge is 0.297 e. The highest BCUT2D eigenvalue weighted by Crippen LogP contribution is 2.75. The topological polar surface area (TPSA) is 68.3 Å². The van der Waals surface area contributed by atoms with Crippen molar-refractivity contribution in [3.63, 3.8) is 0 Å². The van der Waals surface area contributed by atoms with Crippen LogP contribution < -0.4 is 0 Å². The summed E-state index contributed by atoms with van der Waals surface area (Å²) in [7, 11) is 0. The fourth-order valence-electron chi connectivity index (χ4n) is 7.32. The molecule has 4 saturated carbocycles. The highest BCUT2D eigenvalue weighted by atomic mass is 16.2. The van der Waals surface area contributed by atoms with Crippen molar-refractivity contribution >= 4 is 23.1 Å². The zero-order valence-electron chi connectivity index (χ0n) is 19.9. The SMILES string of the molecule is C=CC[C@]12C[C@@H]3[C@H](C=C(C)C)[C@](CC=C)(C1=O)C(=O)[C@](C(=O)c1ccccc1)(C2=O)C3(C)C. The van der Waals surface area contributed by atoms with Gasteiger partial charge in [0.25, 0.3) is 0 Å². The molecule has 4 fully saturated rings. The van der Waals surface area contributed by atoms with E-state index in [4.69, 9.17) is 0 Å². The molecule has 1 aromatic rings. The molecule has 0 aliphatic heterocycles. The van der Waals surface area contributed by atoms with Crippen LogP contribution in [0, 0.1) is 33.5 Å². The minimum atomic E-state index is -1.91. The molecule has 0 heterocycles. The van der Waals surface area contributed by atoms with E-state index < -0.39 is 44.9 Å². The number of hydrogen-bond acceptors (Lipinski definition) is 4. The minimum Gasteiger partial charge on any atom is -0.297 e. The van der Waals surface area contributed by atoms with Crippen LogP contribution >= 0.6 is 0 Å². The minimum absolute atomic E-state index is 0.113. The molecule has 0 unspecified atom stereocenters. The lowest BCUT2D eigenvalue weighted by molar-refractivity contribution is -0.209. The van der Waals surface area contributed by atoms with Gasteiger partial charge in [0.2, 0.25) is 0 Å². The number of rotatable bonds is 7. The van der Waals surface area contributed by atoms with Crippen LogP contribution in [0.1, 0.15) is 57.3 Å². The molecule has 0 spiro atoms. The Labute approximate surface area is 195 Å². The monoisotopic (exact) mass is 444 g/mol. The number of Topliss-reactive ketones (excluding diaryl/α,β-unsaturated/α-hetero) is 4. The van der Waals surface area contributed by atoms with Gasteiger partial charge in [-0.05, 0) is 44.4 Å². The normalized spacial score (nSPS) is 35.9. The first-order valence-corrected chi connectivity index (χ1v) is 11.6. The van der Waals surface area contributed by atoms with Crippen LogP contribution in [0.3, 0.4) is 0 Å². The van der Waals surface area contributed by atoms with Crippen LogP contribution in [0.2, 0.25) is 0 Å². The van der Waals surface area contributed by atoms with E-state index >= 15 is 0 Å². The second-order valence-electron chi connectivity index (χ2n) is 10.8. The Bertz CT molecular complexity index is 1120. The quantitative estimate of drug-likeness (QED) is 0.323. The van der Waals surface area contributed by atoms with E-state index in [1.165, 1.54) is 0 Å². The summed E-state index contributed by atoms with van der Waals surface area (Å²) >= 11 is 0. The third-order valence-electron chi connectivity index (χ3n) is 8.67. The fraction of sp³-hybridized carbons (Fsp3) is 0.448. The maximum absolute atomic E-state index is 14.6. The standard InChI is InChI=1S/C29H32O4/c1-7-14-27-17-21-20(16-18(3)4)28(15-8-2,23(27)31)25(33)29(24(27)32,26(21,5)6)22(30)19-12-10-9-11-13-19/h7-13,16,20-21H,1-2,14-15,17H2,3-6H3/t20-,21+,27-,28+,29-/m0/s1. The zero-order valence-corrected chi connectivity index (χ0v) is 19.9. The van der Waals surface area contributed by atoms with Gasteiger partial charge in [0.05, 0.1) is 10.8 Å². The molecular formula is C29H32O4. The number of ketones is 4. The average molecular weight is 445 g/mol. The first-order valence-electron chi connectivity index (χ1n) is 11.6. The Balaban J connectivity index is 2.13. The Morgan fingerprint density at radius 1 is 0.970 bits per heavy atom. The molecule has 4 aliphatic rings. The van der Waals surface area contributed by atoms with E-state index in [0.29, 0.717) is 12.0 Å². The van der Waals surface area contributed by atoms with Crippen molar-refractivity contribution in [3.05, 3.63) is 72.9 Å². The average Bonchev–Trinajstić information content (AvgIpc) is 2.76. The molecule has 172 valence electrons. The Kier molecular flexibility index (Phi) is 5.16. The predicted molar refractivity (Wildman–Crippen MR) is 128 cm³/mol. The third kappa shape index (κ3) is 2.47. The molecule has 4 heteroatoms. The number of allylic oxidation sites excluding steroid dienone is 4. The summed E-state index contributed by atoms with van der Waals surface area (Å²) in [6.07, 6.45) is 5.76. The van der Waals surface area contributed by atoms with E-state index in [9.17, 15) is 19.2 Å². The van der Waals surface area contributed by atoms with E-state index in [-0.39, 0.29) is 24.5 Å². The number of benzene rings is 1. The van der Waals surface area contributed by atoms with Gasteiger partial charge in [-0.15, -0.1) is 13.2 Å². The lowest BCUT2D eigenvalue weighted by Gasteiger charge is -2.70. The van der Waals surface area contributed by atoms with Gasteiger partial charge in [0.1, 0.15) is 0 Å². The highest BCUT2D eigenvalue weighted by molar-refractivity contribution is 6.42. The fourth-order valence-corrected chi connectivity index (χ4v) is 7.32. The Morgan fingerprint density at radius 3 is 2.12 bits per heavy atom. The molecule has 33 heavy (non-hydrogen) atoms. The Morgan fingerprint density at radius 2 is 1.58 bits per heavy atom. The van der Waals surface area contributed by atoms with E-state index in [1.807, 2.05) is 33.8 Å². The maximum atomic E-state index is 14.6. The molecule has 0 N–H and O–H groups in total. The Hall–Kier alpha value is -2.88. The lowest BCUT2D eigenvalue weighted by atomic mass is 9.27. The van der Waals surface area contributed by atoms with E-state index in [2.05, 4.69) is 13.2 Å². The van der Waals surface area contributed by atoms with E-state index in [0.717, 1.165) is 5.57 Å². The van der Waals surface area contributed by atoms with Crippen LogP contribution in [0.4, 0.5) is 0 Å². The van der Waals surface area contributed by atoms with Crippen molar-refractivity contribution in [2.24, 2.45) is 33.5 Å². The van der Waals surface area contributed by atoms with Gasteiger partial charge in [-0.2, -0.15) is 0 Å². The van der Waals surface area contributed by atoms with E-state index in [1.54, 1.807) is 42.5 Å². The van der Waals surface area contributed by atoms with Crippen molar-refractivity contribution < 1.29 is 19.2 Å². The van der Waals surface area contributed by atoms with Gasteiger partial charge < -0.3 is 0 Å². The smallest absolute Gasteiger partial charge is 0.184 e. The number of hydrogen-bond donors (Lipinski definition) is 0. The lowest BCUT2D eigenvalue weighted by Crippen LogP contribution is -2.83. The van der Waals surface area contributed by atoms with Crippen molar-refractivity contribution in [2.75, 3.05) is 0 Å². The summed E-state index contributed by atoms with van der Waals surface area (Å²) < 4.78 is 0. The molecule has 4 nitrogen and oxygen atoms in total. The van der Waals surface area contributed by atoms with Gasteiger partial charge in [-0.3, -0.25) is 19.2 Å². The van der Waals surface area contributed by atoms with Crippen molar-refractivity contribution in [1.29, 1.82) is 0 Å². The molecule has 0 amide bonds. The van der Waals surface area contributed by atoms with Gasteiger partial charge in [0, 0.05) is 11.5 Å². The van der Waals surface area contributed by atoms with Gasteiger partial charge in [0.15, 0.2) is 28.5 Å². The van der Waals surface area contributed by atoms with Crippen LogP contribution in [-0.2, 0) is 14.4 Å². The van der Waals surface area contributed by atoms with Crippen LogP contribution in [0.15, 0.2) is 67.3 Å². The van der Waals surface area contributed by atoms with Crippen molar-refractivity contribution in [1.82, 2.24) is 0 Å². The molecule has 0 saturated heterocycles. The molecule has 5 atom stereocenters. The first-order chi connectivity index (χ1) is 15.5. The first kappa shape index (κ1) is 23.3. The summed E-state index contributed by atoms with van der Waals surface area (Å²) in [4.78, 5) is 57.5. The van der Waals surface area contributed by atoms with Gasteiger partial charge in [-0.25, -0.2) is 0 Å². The molecule has 4 aliphatic carbocycles. The van der Waals surface area contributed by atoms with Crippen LogP contribution in [0.5, 0.6) is 0 Å². The number of carbonyl (C=O) groups is 4. The second kappa shape index (κ2) is 7.31. The molecule has 1 aromatic carbocycles.